The van der Waals surface area contributed by atoms with Gasteiger partial charge in [-0.05, 0) is 17.7 Å². The zero-order chi connectivity index (χ0) is 10.6. The summed E-state index contributed by atoms with van der Waals surface area (Å²) in [6.45, 7) is -0.991. The quantitative estimate of drug-likeness (QED) is 0.533. The molecule has 0 saturated carbocycles. The maximum Gasteiger partial charge on any atom is 0.115 e. The number of phenols is 1. The van der Waals surface area contributed by atoms with E-state index in [1.165, 1.54) is 12.1 Å². The molecular formula is C10H14O4. The van der Waals surface area contributed by atoms with E-state index in [9.17, 15) is 5.11 Å². The summed E-state index contributed by atoms with van der Waals surface area (Å²) in [6.07, 6.45) is 0.153. The lowest BCUT2D eigenvalue weighted by atomic mass is 9.96. The van der Waals surface area contributed by atoms with Crippen LogP contribution in [0.5, 0.6) is 5.75 Å². The van der Waals surface area contributed by atoms with Crippen molar-refractivity contribution in [1.29, 1.82) is 0 Å². The molecule has 0 bridgehead atoms. The van der Waals surface area contributed by atoms with Gasteiger partial charge in [-0.25, -0.2) is 0 Å². The second-order valence-corrected chi connectivity index (χ2v) is 3.38. The summed E-state index contributed by atoms with van der Waals surface area (Å²) < 4.78 is 0. The molecule has 0 aliphatic rings. The minimum atomic E-state index is -1.49. The third-order valence-corrected chi connectivity index (χ3v) is 2.06. The average Bonchev–Trinajstić information content (AvgIpc) is 2.21. The van der Waals surface area contributed by atoms with E-state index in [2.05, 4.69) is 0 Å². The Morgan fingerprint density at radius 1 is 1.00 bits per heavy atom. The molecule has 1 aromatic rings. The Bertz CT molecular complexity index is 277. The molecule has 1 rings (SSSR count). The van der Waals surface area contributed by atoms with Gasteiger partial charge in [-0.3, -0.25) is 0 Å². The third-order valence-electron chi connectivity index (χ3n) is 2.06. The molecule has 0 heterocycles. The van der Waals surface area contributed by atoms with E-state index in [0.29, 0.717) is 0 Å². The molecule has 4 N–H and O–H groups in total. The van der Waals surface area contributed by atoms with Crippen LogP contribution in [0.4, 0.5) is 0 Å². The van der Waals surface area contributed by atoms with E-state index in [4.69, 9.17) is 15.3 Å². The van der Waals surface area contributed by atoms with E-state index >= 15 is 0 Å². The highest BCUT2D eigenvalue weighted by Crippen LogP contribution is 2.15. The van der Waals surface area contributed by atoms with Gasteiger partial charge in [-0.15, -0.1) is 0 Å². The van der Waals surface area contributed by atoms with E-state index in [1.54, 1.807) is 12.1 Å². The number of benzene rings is 1. The second kappa shape index (κ2) is 4.41. The number of hydrogen-bond donors (Lipinski definition) is 4. The topological polar surface area (TPSA) is 80.9 Å². The summed E-state index contributed by atoms with van der Waals surface area (Å²) in [4.78, 5) is 0. The first-order valence-electron chi connectivity index (χ1n) is 4.32. The summed E-state index contributed by atoms with van der Waals surface area (Å²) >= 11 is 0. The van der Waals surface area contributed by atoms with Crippen LogP contribution in [-0.4, -0.2) is 39.2 Å². The zero-order valence-electron chi connectivity index (χ0n) is 7.72. The number of hydrogen-bond acceptors (Lipinski definition) is 4. The van der Waals surface area contributed by atoms with E-state index in [-0.39, 0.29) is 12.2 Å². The molecule has 0 amide bonds. The van der Waals surface area contributed by atoms with Crippen LogP contribution in [0.15, 0.2) is 24.3 Å². The highest BCUT2D eigenvalue weighted by molar-refractivity contribution is 5.26. The Kier molecular flexibility index (Phi) is 3.46. The molecule has 4 heteroatoms. The first-order chi connectivity index (χ1) is 6.59. The lowest BCUT2D eigenvalue weighted by molar-refractivity contribution is -0.0539. The molecule has 14 heavy (non-hydrogen) atoms. The zero-order valence-corrected chi connectivity index (χ0v) is 7.72. The highest BCUT2D eigenvalue weighted by Gasteiger charge is 2.25. The predicted octanol–water partition coefficient (Wildman–Crippen LogP) is -0.350. The second-order valence-electron chi connectivity index (χ2n) is 3.38. The van der Waals surface area contributed by atoms with Gasteiger partial charge in [0.1, 0.15) is 11.4 Å². The van der Waals surface area contributed by atoms with Gasteiger partial charge in [0, 0.05) is 6.42 Å². The number of rotatable bonds is 4. The van der Waals surface area contributed by atoms with Crippen molar-refractivity contribution in [3.63, 3.8) is 0 Å². The maximum absolute atomic E-state index is 9.59. The van der Waals surface area contributed by atoms with Crippen molar-refractivity contribution in [3.8, 4) is 5.75 Å². The molecule has 1 aromatic carbocycles. The molecule has 0 radical (unpaired) electrons. The van der Waals surface area contributed by atoms with Crippen LogP contribution in [-0.2, 0) is 6.42 Å². The number of phenolic OH excluding ortho intramolecular Hbond substituents is 1. The summed E-state index contributed by atoms with van der Waals surface area (Å²) in [6, 6.07) is 6.24. The molecule has 0 aliphatic carbocycles. The first kappa shape index (κ1) is 11.0. The number of aliphatic hydroxyl groups is 3. The van der Waals surface area contributed by atoms with Gasteiger partial charge >= 0.3 is 0 Å². The van der Waals surface area contributed by atoms with Gasteiger partial charge in [-0.1, -0.05) is 12.1 Å². The minimum absolute atomic E-state index is 0.144. The molecular weight excluding hydrogens is 184 g/mol. The molecule has 4 nitrogen and oxygen atoms in total. The molecule has 0 spiro atoms. The van der Waals surface area contributed by atoms with Gasteiger partial charge < -0.3 is 20.4 Å². The Morgan fingerprint density at radius 2 is 1.50 bits per heavy atom. The van der Waals surface area contributed by atoms with Gasteiger partial charge in [0.05, 0.1) is 13.2 Å². The molecule has 0 aliphatic heterocycles. The fourth-order valence-electron chi connectivity index (χ4n) is 1.16. The monoisotopic (exact) mass is 198 g/mol. The lowest BCUT2D eigenvalue weighted by Crippen LogP contribution is -2.39. The third kappa shape index (κ3) is 2.70. The van der Waals surface area contributed by atoms with Gasteiger partial charge in [-0.2, -0.15) is 0 Å². The molecule has 0 fully saturated rings. The summed E-state index contributed by atoms with van der Waals surface area (Å²) in [5.41, 5.74) is -0.745. The van der Waals surface area contributed by atoms with Crippen LogP contribution in [0, 0.1) is 0 Å². The SMILES string of the molecule is OCC(O)(CO)Cc1ccc(O)cc1. The average molecular weight is 198 g/mol. The molecule has 0 saturated heterocycles. The number of aromatic hydroxyl groups is 1. The van der Waals surface area contributed by atoms with Crippen molar-refractivity contribution in [2.45, 2.75) is 12.0 Å². The van der Waals surface area contributed by atoms with Crippen molar-refractivity contribution in [2.75, 3.05) is 13.2 Å². The fraction of sp³-hybridized carbons (Fsp3) is 0.400. The van der Waals surface area contributed by atoms with Crippen LogP contribution >= 0.6 is 0 Å². The molecule has 0 unspecified atom stereocenters. The molecule has 0 atom stereocenters. The van der Waals surface area contributed by atoms with E-state index in [0.717, 1.165) is 5.56 Å². The minimum Gasteiger partial charge on any atom is -0.508 e. The Morgan fingerprint density at radius 3 is 1.93 bits per heavy atom. The van der Waals surface area contributed by atoms with Crippen LogP contribution in [0.25, 0.3) is 0 Å². The van der Waals surface area contributed by atoms with Crippen LogP contribution in [0.3, 0.4) is 0 Å². The maximum atomic E-state index is 9.59. The fourth-order valence-corrected chi connectivity index (χ4v) is 1.16. The van der Waals surface area contributed by atoms with Crippen molar-refractivity contribution in [3.05, 3.63) is 29.8 Å². The first-order valence-corrected chi connectivity index (χ1v) is 4.32. The lowest BCUT2D eigenvalue weighted by Gasteiger charge is -2.22. The van der Waals surface area contributed by atoms with Gasteiger partial charge in [0.15, 0.2) is 0 Å². The smallest absolute Gasteiger partial charge is 0.115 e. The van der Waals surface area contributed by atoms with Crippen molar-refractivity contribution < 1.29 is 20.4 Å². The summed E-state index contributed by atoms with van der Waals surface area (Å²) in [7, 11) is 0. The van der Waals surface area contributed by atoms with E-state index in [1.807, 2.05) is 0 Å². The van der Waals surface area contributed by atoms with Gasteiger partial charge in [0.2, 0.25) is 0 Å². The standard InChI is InChI=1S/C10H14O4/c11-6-10(14,7-12)5-8-1-3-9(13)4-2-8/h1-4,11-14H,5-7H2. The van der Waals surface area contributed by atoms with Crippen LogP contribution in [0.1, 0.15) is 5.56 Å². The normalized spacial score (nSPS) is 11.6. The Balaban J connectivity index is 2.72. The molecule has 78 valence electrons. The van der Waals surface area contributed by atoms with Crippen molar-refractivity contribution >= 4 is 0 Å². The summed E-state index contributed by atoms with van der Waals surface area (Å²) in [5.74, 6) is 0.144. The predicted molar refractivity (Wildman–Crippen MR) is 50.9 cm³/mol. The Hall–Kier alpha value is -1.10. The highest BCUT2D eigenvalue weighted by atomic mass is 16.4. The summed E-state index contributed by atoms with van der Waals surface area (Å²) in [5, 5.41) is 36.3. The van der Waals surface area contributed by atoms with Crippen molar-refractivity contribution in [2.24, 2.45) is 0 Å². The van der Waals surface area contributed by atoms with Gasteiger partial charge in [0.25, 0.3) is 0 Å². The molecule has 0 aromatic heterocycles. The van der Waals surface area contributed by atoms with E-state index < -0.39 is 18.8 Å². The van der Waals surface area contributed by atoms with Crippen LogP contribution < -0.4 is 0 Å². The Labute approximate surface area is 82.1 Å². The number of aliphatic hydroxyl groups excluding tert-OH is 2. The largest absolute Gasteiger partial charge is 0.508 e. The van der Waals surface area contributed by atoms with Crippen molar-refractivity contribution in [1.82, 2.24) is 0 Å². The van der Waals surface area contributed by atoms with Crippen LogP contribution in [0.2, 0.25) is 0 Å².